The Kier molecular flexibility index (Phi) is 3.04. The lowest BCUT2D eigenvalue weighted by Crippen LogP contribution is -2.50. The van der Waals surface area contributed by atoms with Gasteiger partial charge in [-0.15, -0.1) is 0 Å². The van der Waals surface area contributed by atoms with E-state index in [4.69, 9.17) is 5.73 Å². The van der Waals surface area contributed by atoms with Gasteiger partial charge in [0.15, 0.2) is 0 Å². The highest BCUT2D eigenvalue weighted by Crippen LogP contribution is 2.51. The highest BCUT2D eigenvalue weighted by molar-refractivity contribution is 5.10. The summed E-state index contributed by atoms with van der Waals surface area (Å²) in [6.45, 7) is 8.70. The van der Waals surface area contributed by atoms with Gasteiger partial charge in [0.1, 0.15) is 0 Å². The molecule has 0 aromatic heterocycles. The van der Waals surface area contributed by atoms with Gasteiger partial charge >= 0.3 is 0 Å². The smallest absolute Gasteiger partial charge is 0.0118 e. The van der Waals surface area contributed by atoms with Crippen molar-refractivity contribution in [3.05, 3.63) is 12.3 Å². The Morgan fingerprint density at radius 2 is 2.06 bits per heavy atom. The molecule has 0 aliphatic heterocycles. The van der Waals surface area contributed by atoms with Crippen LogP contribution in [0.1, 0.15) is 39.5 Å². The molecule has 2 rings (SSSR count). The topological polar surface area (TPSA) is 38.0 Å². The Balaban J connectivity index is 2.18. The third kappa shape index (κ3) is 1.88. The van der Waals surface area contributed by atoms with E-state index >= 15 is 0 Å². The van der Waals surface area contributed by atoms with E-state index in [2.05, 4.69) is 32.8 Å². The Bertz CT molecular complexity index is 284. The van der Waals surface area contributed by atoms with E-state index in [1.807, 2.05) is 0 Å². The molecule has 0 aromatic carbocycles. The molecule has 0 amide bonds. The highest BCUT2D eigenvalue weighted by Gasteiger charge is 2.45. The summed E-state index contributed by atoms with van der Waals surface area (Å²) in [5, 5.41) is 3.52. The zero-order valence-corrected chi connectivity index (χ0v) is 10.9. The van der Waals surface area contributed by atoms with Gasteiger partial charge in [-0.3, -0.25) is 0 Å². The number of nitrogens with one attached hydrogen (secondary N) is 1. The molecule has 0 heterocycles. The second-order valence-corrected chi connectivity index (χ2v) is 6.38. The number of allylic oxidation sites excluding steroid dienone is 1. The van der Waals surface area contributed by atoms with Crippen molar-refractivity contribution in [1.82, 2.24) is 5.32 Å². The van der Waals surface area contributed by atoms with Gasteiger partial charge in [-0.2, -0.15) is 0 Å². The molecule has 0 radical (unpaired) electrons. The first kappa shape index (κ1) is 12.0. The molecule has 2 aliphatic carbocycles. The highest BCUT2D eigenvalue weighted by atomic mass is 14.9. The fraction of sp³-hybridized carbons (Fsp3) is 0.857. The molecule has 0 aromatic rings. The lowest BCUT2D eigenvalue weighted by molar-refractivity contribution is 0.0388. The van der Waals surface area contributed by atoms with Crippen molar-refractivity contribution in [2.45, 2.75) is 45.6 Å². The largest absolute Gasteiger partial charge is 0.402 e. The quantitative estimate of drug-likeness (QED) is 0.753. The second kappa shape index (κ2) is 4.06. The average Bonchev–Trinajstić information content (AvgIpc) is 2.16. The van der Waals surface area contributed by atoms with Crippen LogP contribution in [0.5, 0.6) is 0 Å². The summed E-state index contributed by atoms with van der Waals surface area (Å²) in [6.07, 6.45) is 5.21. The number of fused-ring (bicyclic) bond motifs is 2. The summed E-state index contributed by atoms with van der Waals surface area (Å²) >= 11 is 0. The van der Waals surface area contributed by atoms with Crippen molar-refractivity contribution in [3.63, 3.8) is 0 Å². The minimum absolute atomic E-state index is 0.183. The number of hydrogen-bond donors (Lipinski definition) is 2. The molecule has 2 nitrogen and oxygen atoms in total. The van der Waals surface area contributed by atoms with Crippen molar-refractivity contribution < 1.29 is 0 Å². The van der Waals surface area contributed by atoms with Crippen LogP contribution in [0.2, 0.25) is 0 Å². The molecular weight excluding hydrogens is 196 g/mol. The molecular formula is C14H26N2. The van der Waals surface area contributed by atoms with Gasteiger partial charge in [0, 0.05) is 17.2 Å². The van der Waals surface area contributed by atoms with Gasteiger partial charge in [0.05, 0.1) is 0 Å². The van der Waals surface area contributed by atoms with E-state index in [1.165, 1.54) is 25.7 Å². The van der Waals surface area contributed by atoms with Crippen LogP contribution in [0, 0.1) is 23.2 Å². The van der Waals surface area contributed by atoms with Crippen molar-refractivity contribution in [2.24, 2.45) is 28.9 Å². The fourth-order valence-electron chi connectivity index (χ4n) is 4.27. The van der Waals surface area contributed by atoms with Crippen LogP contribution in [-0.4, -0.2) is 13.1 Å². The maximum Gasteiger partial charge on any atom is 0.0118 e. The molecule has 0 spiro atoms. The Labute approximate surface area is 99.7 Å². The van der Waals surface area contributed by atoms with Gasteiger partial charge in [-0.1, -0.05) is 20.4 Å². The predicted octanol–water partition coefficient (Wildman–Crippen LogP) is 2.51. The van der Waals surface area contributed by atoms with E-state index in [1.54, 1.807) is 0 Å². The van der Waals surface area contributed by atoms with Crippen LogP contribution in [0.4, 0.5) is 0 Å². The van der Waals surface area contributed by atoms with E-state index < -0.39 is 0 Å². The molecule has 0 saturated heterocycles. The molecule has 92 valence electrons. The third-order valence-electron chi connectivity index (χ3n) is 5.02. The Hall–Kier alpha value is -0.500. The van der Waals surface area contributed by atoms with Crippen molar-refractivity contribution >= 4 is 0 Å². The average molecular weight is 222 g/mol. The molecule has 16 heavy (non-hydrogen) atoms. The maximum atomic E-state index is 6.01. The zero-order valence-electron chi connectivity index (χ0n) is 10.9. The summed E-state index contributed by atoms with van der Waals surface area (Å²) in [5.41, 5.74) is 7.09. The zero-order chi connectivity index (χ0) is 11.9. The normalized spacial score (nSPS) is 47.7. The van der Waals surface area contributed by atoms with Crippen LogP contribution >= 0.6 is 0 Å². The molecule has 2 fully saturated rings. The van der Waals surface area contributed by atoms with Crippen LogP contribution in [0.15, 0.2) is 12.3 Å². The lowest BCUT2D eigenvalue weighted by Gasteiger charge is -2.51. The van der Waals surface area contributed by atoms with Gasteiger partial charge < -0.3 is 11.1 Å². The fourth-order valence-corrected chi connectivity index (χ4v) is 4.27. The summed E-state index contributed by atoms with van der Waals surface area (Å²) in [6, 6.07) is 0.676. The molecule has 2 aliphatic rings. The van der Waals surface area contributed by atoms with Crippen LogP contribution in [0.25, 0.3) is 0 Å². The van der Waals surface area contributed by atoms with Crippen LogP contribution < -0.4 is 11.1 Å². The predicted molar refractivity (Wildman–Crippen MR) is 68.9 cm³/mol. The van der Waals surface area contributed by atoms with Crippen molar-refractivity contribution in [1.29, 1.82) is 0 Å². The summed E-state index contributed by atoms with van der Waals surface area (Å²) < 4.78 is 0. The van der Waals surface area contributed by atoms with E-state index in [9.17, 15) is 0 Å². The summed E-state index contributed by atoms with van der Waals surface area (Å²) in [7, 11) is 2.10. The molecule has 2 heteroatoms. The standard InChI is InChI=1S/C14H26N2/c1-9-5-11-6-12(13(9)16-4)8-14(3,7-11)10(2)15/h9,11-13,16H,2,5-8,15H2,1,3-4H3. The Morgan fingerprint density at radius 1 is 1.38 bits per heavy atom. The van der Waals surface area contributed by atoms with Crippen molar-refractivity contribution in [2.75, 3.05) is 7.05 Å². The Morgan fingerprint density at radius 3 is 2.62 bits per heavy atom. The van der Waals surface area contributed by atoms with Gasteiger partial charge in [-0.05, 0) is 50.5 Å². The third-order valence-corrected chi connectivity index (χ3v) is 5.02. The first-order valence-corrected chi connectivity index (χ1v) is 6.58. The number of rotatable bonds is 2. The summed E-state index contributed by atoms with van der Waals surface area (Å²) in [4.78, 5) is 0. The van der Waals surface area contributed by atoms with Gasteiger partial charge in [0.25, 0.3) is 0 Å². The molecule has 5 atom stereocenters. The maximum absolute atomic E-state index is 6.01. The molecule has 2 saturated carbocycles. The lowest BCUT2D eigenvalue weighted by atomic mass is 9.57. The van der Waals surface area contributed by atoms with Gasteiger partial charge in [0.2, 0.25) is 0 Å². The molecule has 3 N–H and O–H groups in total. The monoisotopic (exact) mass is 222 g/mol. The molecule has 2 bridgehead atoms. The molecule has 5 unspecified atom stereocenters. The van der Waals surface area contributed by atoms with E-state index in [0.717, 1.165) is 23.5 Å². The van der Waals surface area contributed by atoms with Crippen molar-refractivity contribution in [3.8, 4) is 0 Å². The van der Waals surface area contributed by atoms with Crippen LogP contribution in [-0.2, 0) is 0 Å². The number of hydrogen-bond acceptors (Lipinski definition) is 2. The summed E-state index contributed by atoms with van der Waals surface area (Å²) in [5.74, 6) is 2.46. The first-order valence-electron chi connectivity index (χ1n) is 6.58. The number of nitrogens with two attached hydrogens (primary N) is 1. The minimum atomic E-state index is 0.183. The second-order valence-electron chi connectivity index (χ2n) is 6.38. The van der Waals surface area contributed by atoms with E-state index in [0.29, 0.717) is 6.04 Å². The SMILES string of the molecule is C=C(N)C1(C)CC2CC(C)C(NC)C(C2)C1. The van der Waals surface area contributed by atoms with Gasteiger partial charge in [-0.25, -0.2) is 0 Å². The minimum Gasteiger partial charge on any atom is -0.402 e. The van der Waals surface area contributed by atoms with Crippen LogP contribution in [0.3, 0.4) is 0 Å². The van der Waals surface area contributed by atoms with E-state index in [-0.39, 0.29) is 5.41 Å². The first-order chi connectivity index (χ1) is 7.46.